The highest BCUT2D eigenvalue weighted by molar-refractivity contribution is 7.98. The minimum atomic E-state index is -0.560. The Morgan fingerprint density at radius 1 is 1.50 bits per heavy atom. The van der Waals surface area contributed by atoms with Gasteiger partial charge < -0.3 is 15.2 Å². The van der Waals surface area contributed by atoms with Crippen molar-refractivity contribution in [3.05, 3.63) is 39.7 Å². The van der Waals surface area contributed by atoms with E-state index in [2.05, 4.69) is 9.97 Å². The number of aromatic nitrogens is 2. The largest absolute Gasteiger partial charge is 0.507 e. The number of aliphatic hydroxyl groups is 1. The molecule has 0 amide bonds. The van der Waals surface area contributed by atoms with Crippen molar-refractivity contribution in [3.8, 4) is 23.1 Å². The van der Waals surface area contributed by atoms with Crippen molar-refractivity contribution in [1.82, 2.24) is 9.97 Å². The third-order valence-corrected chi connectivity index (χ3v) is 3.28. The first-order valence-corrected chi connectivity index (χ1v) is 6.84. The molecule has 2 rings (SSSR count). The monoisotopic (exact) mass is 289 g/mol. The Bertz CT molecular complexity index is 750. The van der Waals surface area contributed by atoms with Gasteiger partial charge in [0, 0.05) is 5.56 Å². The second-order valence-electron chi connectivity index (χ2n) is 3.92. The maximum absolute atomic E-state index is 11.8. The van der Waals surface area contributed by atoms with Crippen LogP contribution >= 0.6 is 11.8 Å². The summed E-state index contributed by atoms with van der Waals surface area (Å²) in [4.78, 5) is 18.5. The molecule has 0 saturated carbocycles. The summed E-state index contributed by atoms with van der Waals surface area (Å²) in [5.74, 6) is -0.108. The van der Waals surface area contributed by atoms with Crippen LogP contribution in [-0.2, 0) is 6.61 Å². The fraction of sp³-hybridized carbons (Fsp3) is 0.154. The molecule has 1 aromatic heterocycles. The van der Waals surface area contributed by atoms with E-state index in [0.717, 1.165) is 0 Å². The number of aromatic amines is 1. The number of aliphatic hydroxyl groups excluding tert-OH is 1. The number of phenolic OH excluding ortho intramolecular Hbond substituents is 1. The van der Waals surface area contributed by atoms with Crippen LogP contribution in [0.5, 0.6) is 5.75 Å². The normalized spacial score (nSPS) is 10.2. The fourth-order valence-corrected chi connectivity index (χ4v) is 2.10. The molecule has 2 aromatic rings. The van der Waals surface area contributed by atoms with Gasteiger partial charge in [0.1, 0.15) is 23.1 Å². The van der Waals surface area contributed by atoms with Gasteiger partial charge in [-0.25, -0.2) is 4.98 Å². The predicted octanol–water partition coefficient (Wildman–Crippen LogP) is 1.23. The van der Waals surface area contributed by atoms with Gasteiger partial charge in [0.2, 0.25) is 0 Å². The summed E-state index contributed by atoms with van der Waals surface area (Å²) in [5, 5.41) is 28.5. The molecule has 0 aliphatic rings. The molecule has 0 spiro atoms. The number of nitriles is 1. The van der Waals surface area contributed by atoms with Gasteiger partial charge in [0.25, 0.3) is 5.56 Å². The average molecular weight is 289 g/mol. The number of hydrogen-bond acceptors (Lipinski definition) is 6. The first-order chi connectivity index (χ1) is 9.60. The van der Waals surface area contributed by atoms with Crippen molar-refractivity contribution in [3.63, 3.8) is 0 Å². The molecule has 1 heterocycles. The average Bonchev–Trinajstić information content (AvgIpc) is 2.47. The van der Waals surface area contributed by atoms with E-state index in [1.54, 1.807) is 18.4 Å². The lowest BCUT2D eigenvalue weighted by atomic mass is 10.0. The fourth-order valence-electron chi connectivity index (χ4n) is 1.72. The maximum atomic E-state index is 11.8. The zero-order valence-electron chi connectivity index (χ0n) is 10.5. The van der Waals surface area contributed by atoms with Crippen LogP contribution in [0.1, 0.15) is 11.1 Å². The summed E-state index contributed by atoms with van der Waals surface area (Å²) in [6.07, 6.45) is 1.73. The van der Waals surface area contributed by atoms with E-state index < -0.39 is 5.56 Å². The van der Waals surface area contributed by atoms with Crippen LogP contribution in [0.3, 0.4) is 0 Å². The smallest absolute Gasteiger partial charge is 0.270 e. The third-order valence-electron chi connectivity index (χ3n) is 2.70. The number of thioether (sulfide) groups is 1. The zero-order chi connectivity index (χ0) is 14.7. The number of nitrogens with one attached hydrogen (secondary N) is 1. The summed E-state index contributed by atoms with van der Waals surface area (Å²) in [7, 11) is 0. The molecule has 0 atom stereocenters. The van der Waals surface area contributed by atoms with Gasteiger partial charge >= 0.3 is 0 Å². The number of aromatic hydroxyl groups is 1. The number of rotatable bonds is 3. The number of benzene rings is 1. The zero-order valence-corrected chi connectivity index (χ0v) is 11.4. The SMILES string of the molecule is CSc1nc(-c2cc(CO)ccc2O)c(C#N)c(=O)[nH]1. The van der Waals surface area contributed by atoms with Crippen molar-refractivity contribution < 1.29 is 10.2 Å². The first kappa shape index (κ1) is 14.1. The predicted molar refractivity (Wildman–Crippen MR) is 74.4 cm³/mol. The summed E-state index contributed by atoms with van der Waals surface area (Å²) in [6, 6.07) is 6.23. The molecule has 102 valence electrons. The molecule has 20 heavy (non-hydrogen) atoms. The van der Waals surface area contributed by atoms with Crippen LogP contribution < -0.4 is 5.56 Å². The van der Waals surface area contributed by atoms with Crippen molar-refractivity contribution in [2.75, 3.05) is 6.26 Å². The molecule has 0 bridgehead atoms. The minimum absolute atomic E-state index is 0.105. The van der Waals surface area contributed by atoms with Crippen LogP contribution in [0.4, 0.5) is 0 Å². The highest BCUT2D eigenvalue weighted by Gasteiger charge is 2.16. The van der Waals surface area contributed by atoms with Crippen LogP contribution in [0.2, 0.25) is 0 Å². The van der Waals surface area contributed by atoms with E-state index in [4.69, 9.17) is 10.4 Å². The summed E-state index contributed by atoms with van der Waals surface area (Å²) < 4.78 is 0. The van der Waals surface area contributed by atoms with Crippen LogP contribution in [-0.4, -0.2) is 26.4 Å². The van der Waals surface area contributed by atoms with Crippen LogP contribution in [0.15, 0.2) is 28.2 Å². The van der Waals surface area contributed by atoms with Gasteiger partial charge in [-0.15, -0.1) is 0 Å². The Balaban J connectivity index is 2.78. The van der Waals surface area contributed by atoms with E-state index in [1.807, 2.05) is 0 Å². The lowest BCUT2D eigenvalue weighted by Crippen LogP contribution is -2.14. The standard InChI is InChI=1S/C13H11N3O3S/c1-20-13-15-11(9(5-14)12(19)16-13)8-4-7(6-17)2-3-10(8)18/h2-4,17-18H,6H2,1H3,(H,15,16,19). The molecule has 0 saturated heterocycles. The Kier molecular flexibility index (Phi) is 4.08. The minimum Gasteiger partial charge on any atom is -0.507 e. The molecular weight excluding hydrogens is 278 g/mol. The molecule has 1 aromatic carbocycles. The van der Waals surface area contributed by atoms with Gasteiger partial charge in [0.15, 0.2) is 5.16 Å². The molecule has 3 N–H and O–H groups in total. The summed E-state index contributed by atoms with van der Waals surface area (Å²) in [6.45, 7) is -0.215. The molecule has 0 unspecified atom stereocenters. The Labute approximate surface area is 118 Å². The summed E-state index contributed by atoms with van der Waals surface area (Å²) in [5.41, 5.74) is 0.168. The number of H-pyrrole nitrogens is 1. The maximum Gasteiger partial charge on any atom is 0.270 e. The number of nitrogens with zero attached hydrogens (tertiary/aromatic N) is 2. The molecule has 0 aliphatic heterocycles. The molecule has 0 radical (unpaired) electrons. The van der Waals surface area contributed by atoms with E-state index in [9.17, 15) is 9.90 Å². The molecule has 0 aliphatic carbocycles. The lowest BCUT2D eigenvalue weighted by molar-refractivity contribution is 0.282. The van der Waals surface area contributed by atoms with Gasteiger partial charge in [0.05, 0.1) is 6.61 Å². The quantitative estimate of drug-likeness (QED) is 0.579. The first-order valence-electron chi connectivity index (χ1n) is 5.62. The lowest BCUT2D eigenvalue weighted by Gasteiger charge is -2.08. The highest BCUT2D eigenvalue weighted by Crippen LogP contribution is 2.30. The molecule has 7 heteroatoms. The highest BCUT2D eigenvalue weighted by atomic mass is 32.2. The molecule has 6 nitrogen and oxygen atoms in total. The Morgan fingerprint density at radius 3 is 2.85 bits per heavy atom. The van der Waals surface area contributed by atoms with Crippen molar-refractivity contribution >= 4 is 11.8 Å². The van der Waals surface area contributed by atoms with E-state index in [-0.39, 0.29) is 29.2 Å². The Morgan fingerprint density at radius 2 is 2.25 bits per heavy atom. The molecule has 0 fully saturated rings. The van der Waals surface area contributed by atoms with Gasteiger partial charge in [-0.1, -0.05) is 17.8 Å². The van der Waals surface area contributed by atoms with Crippen molar-refractivity contribution in [2.24, 2.45) is 0 Å². The topological polar surface area (TPSA) is 110 Å². The molecular formula is C13H11N3O3S. The Hall–Kier alpha value is -2.30. The van der Waals surface area contributed by atoms with Gasteiger partial charge in [-0.05, 0) is 24.0 Å². The van der Waals surface area contributed by atoms with Crippen molar-refractivity contribution in [1.29, 1.82) is 5.26 Å². The van der Waals surface area contributed by atoms with Crippen molar-refractivity contribution in [2.45, 2.75) is 11.8 Å². The second-order valence-corrected chi connectivity index (χ2v) is 4.72. The van der Waals surface area contributed by atoms with E-state index in [1.165, 1.54) is 23.9 Å². The van der Waals surface area contributed by atoms with Crippen LogP contribution in [0, 0.1) is 11.3 Å². The van der Waals surface area contributed by atoms with Gasteiger partial charge in [-0.2, -0.15) is 5.26 Å². The van der Waals surface area contributed by atoms with E-state index in [0.29, 0.717) is 10.7 Å². The summed E-state index contributed by atoms with van der Waals surface area (Å²) >= 11 is 1.22. The van der Waals surface area contributed by atoms with Gasteiger partial charge in [-0.3, -0.25) is 4.79 Å². The number of phenols is 1. The van der Waals surface area contributed by atoms with Crippen LogP contribution in [0.25, 0.3) is 11.3 Å². The van der Waals surface area contributed by atoms with E-state index >= 15 is 0 Å². The second kappa shape index (κ2) is 5.77. The third kappa shape index (κ3) is 2.52. The number of hydrogen-bond donors (Lipinski definition) is 3.